The van der Waals surface area contributed by atoms with E-state index in [1.165, 1.54) is 0 Å². The van der Waals surface area contributed by atoms with E-state index in [9.17, 15) is 0 Å². The molecular formula is C12H16BrClN2O2. The van der Waals surface area contributed by atoms with Crippen molar-refractivity contribution in [3.63, 3.8) is 0 Å². The van der Waals surface area contributed by atoms with Crippen molar-refractivity contribution in [3.05, 3.63) is 28.2 Å². The van der Waals surface area contributed by atoms with Crippen molar-refractivity contribution in [1.82, 2.24) is 5.32 Å². The molecule has 2 rings (SSSR count). The molecule has 1 aromatic rings. The van der Waals surface area contributed by atoms with Gasteiger partial charge in [-0.05, 0) is 18.2 Å². The summed E-state index contributed by atoms with van der Waals surface area (Å²) in [6.45, 7) is 2.82. The third-order valence-electron chi connectivity index (χ3n) is 2.42. The summed E-state index contributed by atoms with van der Waals surface area (Å²) in [7, 11) is 1.66. The van der Waals surface area contributed by atoms with Gasteiger partial charge in [0.25, 0.3) is 0 Å². The predicted molar refractivity (Wildman–Crippen MR) is 78.2 cm³/mol. The summed E-state index contributed by atoms with van der Waals surface area (Å²) in [5, 5.41) is 3.25. The number of aliphatic imine (C=N–C) groups is 1. The van der Waals surface area contributed by atoms with Crippen LogP contribution < -0.4 is 10.1 Å². The van der Waals surface area contributed by atoms with Crippen LogP contribution in [0.1, 0.15) is 5.56 Å². The zero-order chi connectivity index (χ0) is 12.1. The van der Waals surface area contributed by atoms with E-state index >= 15 is 0 Å². The number of ether oxygens (including phenoxy) is 2. The first kappa shape index (κ1) is 15.3. The van der Waals surface area contributed by atoms with Gasteiger partial charge in [0.05, 0.1) is 18.7 Å². The number of amidine groups is 1. The van der Waals surface area contributed by atoms with Crippen LogP contribution in [0.15, 0.2) is 27.7 Å². The molecule has 6 heteroatoms. The number of nitrogens with one attached hydrogen (secondary N) is 1. The van der Waals surface area contributed by atoms with Crippen molar-refractivity contribution in [2.75, 3.05) is 33.4 Å². The van der Waals surface area contributed by atoms with Gasteiger partial charge in [0, 0.05) is 18.1 Å². The molecule has 18 heavy (non-hydrogen) atoms. The van der Waals surface area contributed by atoms with Crippen molar-refractivity contribution in [2.45, 2.75) is 0 Å². The molecule has 1 N–H and O–H groups in total. The van der Waals surface area contributed by atoms with E-state index in [0.717, 1.165) is 34.7 Å². The minimum absolute atomic E-state index is 0. The molecule has 0 amide bonds. The summed E-state index contributed by atoms with van der Waals surface area (Å²) in [6.07, 6.45) is 0. The van der Waals surface area contributed by atoms with Crippen LogP contribution in [-0.2, 0) is 4.74 Å². The fourth-order valence-corrected chi connectivity index (χ4v) is 1.96. The van der Waals surface area contributed by atoms with Crippen LogP contribution >= 0.6 is 28.3 Å². The lowest BCUT2D eigenvalue weighted by molar-refractivity contribution is 0.146. The maximum absolute atomic E-state index is 5.69. The van der Waals surface area contributed by atoms with Gasteiger partial charge in [-0.3, -0.25) is 4.99 Å². The predicted octanol–water partition coefficient (Wildman–Crippen LogP) is 2.25. The second-order valence-corrected chi connectivity index (χ2v) is 4.55. The average Bonchev–Trinajstić information content (AvgIpc) is 2.83. The molecule has 1 aromatic carbocycles. The molecule has 0 bridgehead atoms. The van der Waals surface area contributed by atoms with E-state index in [-0.39, 0.29) is 12.4 Å². The Morgan fingerprint density at radius 2 is 2.22 bits per heavy atom. The fraction of sp³-hybridized carbons (Fsp3) is 0.417. The number of benzene rings is 1. The third kappa shape index (κ3) is 3.86. The Labute approximate surface area is 121 Å². The normalized spacial score (nSPS) is 13.6. The average molecular weight is 336 g/mol. The highest BCUT2D eigenvalue weighted by molar-refractivity contribution is 9.10. The van der Waals surface area contributed by atoms with Crippen molar-refractivity contribution in [3.8, 4) is 5.75 Å². The molecule has 1 aliphatic rings. The molecular weight excluding hydrogens is 320 g/mol. The van der Waals surface area contributed by atoms with Crippen LogP contribution in [0.25, 0.3) is 0 Å². The second kappa shape index (κ2) is 7.61. The standard InChI is InChI=1S/C12H15BrN2O2.ClH/c1-16-6-7-17-11-8-9(13)2-3-10(11)12-14-4-5-15-12;/h2-3,8H,4-7H2,1H3,(H,14,15);1H. The van der Waals surface area contributed by atoms with Gasteiger partial charge in [0.1, 0.15) is 18.2 Å². The van der Waals surface area contributed by atoms with Gasteiger partial charge < -0.3 is 14.8 Å². The molecule has 4 nitrogen and oxygen atoms in total. The van der Waals surface area contributed by atoms with E-state index in [1.54, 1.807) is 7.11 Å². The Morgan fingerprint density at radius 3 is 2.89 bits per heavy atom. The third-order valence-corrected chi connectivity index (χ3v) is 2.91. The van der Waals surface area contributed by atoms with E-state index in [4.69, 9.17) is 9.47 Å². The van der Waals surface area contributed by atoms with Crippen molar-refractivity contribution < 1.29 is 9.47 Å². The molecule has 100 valence electrons. The number of nitrogens with zero attached hydrogens (tertiary/aromatic N) is 1. The molecule has 0 aromatic heterocycles. The quantitative estimate of drug-likeness (QED) is 0.839. The smallest absolute Gasteiger partial charge is 0.132 e. The van der Waals surface area contributed by atoms with Crippen LogP contribution in [0.5, 0.6) is 5.75 Å². The molecule has 0 unspecified atom stereocenters. The van der Waals surface area contributed by atoms with E-state index in [1.807, 2.05) is 18.2 Å². The van der Waals surface area contributed by atoms with Crippen LogP contribution in [0, 0.1) is 0 Å². The van der Waals surface area contributed by atoms with Gasteiger partial charge in [-0.25, -0.2) is 0 Å². The highest BCUT2D eigenvalue weighted by Gasteiger charge is 2.13. The molecule has 0 spiro atoms. The molecule has 0 saturated heterocycles. The summed E-state index contributed by atoms with van der Waals surface area (Å²) in [4.78, 5) is 4.40. The number of hydrogen-bond acceptors (Lipinski definition) is 4. The van der Waals surface area contributed by atoms with Gasteiger partial charge in [-0.1, -0.05) is 15.9 Å². The largest absolute Gasteiger partial charge is 0.490 e. The summed E-state index contributed by atoms with van der Waals surface area (Å²) < 4.78 is 11.7. The minimum atomic E-state index is 0. The number of methoxy groups -OCH3 is 1. The maximum Gasteiger partial charge on any atom is 0.132 e. The second-order valence-electron chi connectivity index (χ2n) is 3.64. The topological polar surface area (TPSA) is 42.9 Å². The molecule has 0 aliphatic carbocycles. The maximum atomic E-state index is 5.69. The number of halogens is 2. The lowest BCUT2D eigenvalue weighted by atomic mass is 10.2. The van der Waals surface area contributed by atoms with Crippen LogP contribution in [0.3, 0.4) is 0 Å². The van der Waals surface area contributed by atoms with Crippen LogP contribution in [0.4, 0.5) is 0 Å². The highest BCUT2D eigenvalue weighted by atomic mass is 79.9. The number of hydrogen-bond donors (Lipinski definition) is 1. The van der Waals surface area contributed by atoms with Gasteiger partial charge in [0.2, 0.25) is 0 Å². The summed E-state index contributed by atoms with van der Waals surface area (Å²) in [5.41, 5.74) is 1.00. The lowest BCUT2D eigenvalue weighted by Crippen LogP contribution is -2.20. The molecule has 0 fully saturated rings. The Morgan fingerprint density at radius 1 is 1.39 bits per heavy atom. The number of rotatable bonds is 5. The van der Waals surface area contributed by atoms with E-state index in [2.05, 4.69) is 26.2 Å². The SMILES string of the molecule is COCCOc1cc(Br)ccc1C1=NCCN1.Cl. The first-order valence-electron chi connectivity index (χ1n) is 5.51. The van der Waals surface area contributed by atoms with Crippen molar-refractivity contribution >= 4 is 34.2 Å². The highest BCUT2D eigenvalue weighted by Crippen LogP contribution is 2.24. The van der Waals surface area contributed by atoms with Gasteiger partial charge in [-0.15, -0.1) is 12.4 Å². The van der Waals surface area contributed by atoms with Crippen molar-refractivity contribution in [1.29, 1.82) is 0 Å². The Hall–Kier alpha value is -0.780. The monoisotopic (exact) mass is 334 g/mol. The Kier molecular flexibility index (Phi) is 6.46. The molecule has 0 saturated carbocycles. The Bertz CT molecular complexity index is 427. The summed E-state index contributed by atoms with van der Waals surface area (Å²) in [6, 6.07) is 5.94. The van der Waals surface area contributed by atoms with E-state index < -0.39 is 0 Å². The first-order chi connectivity index (χ1) is 8.31. The van der Waals surface area contributed by atoms with Crippen molar-refractivity contribution in [2.24, 2.45) is 4.99 Å². The van der Waals surface area contributed by atoms with Crippen LogP contribution in [0.2, 0.25) is 0 Å². The van der Waals surface area contributed by atoms with Gasteiger partial charge in [0.15, 0.2) is 0 Å². The fourth-order valence-electron chi connectivity index (χ4n) is 1.62. The molecule has 1 aliphatic heterocycles. The summed E-state index contributed by atoms with van der Waals surface area (Å²) in [5.74, 6) is 1.73. The zero-order valence-corrected chi connectivity index (χ0v) is 12.5. The minimum Gasteiger partial charge on any atom is -0.490 e. The zero-order valence-electron chi connectivity index (χ0n) is 10.1. The Balaban J connectivity index is 0.00000162. The van der Waals surface area contributed by atoms with E-state index in [0.29, 0.717) is 13.2 Å². The van der Waals surface area contributed by atoms with Gasteiger partial charge in [-0.2, -0.15) is 0 Å². The molecule has 0 radical (unpaired) electrons. The molecule has 1 heterocycles. The van der Waals surface area contributed by atoms with Gasteiger partial charge >= 0.3 is 0 Å². The van der Waals surface area contributed by atoms with Crippen LogP contribution in [-0.4, -0.2) is 39.2 Å². The molecule has 0 atom stereocenters. The first-order valence-corrected chi connectivity index (χ1v) is 6.30. The summed E-state index contributed by atoms with van der Waals surface area (Å²) >= 11 is 3.44. The lowest BCUT2D eigenvalue weighted by Gasteiger charge is -2.12.